The molecule has 0 amide bonds. The Kier molecular flexibility index (Phi) is 3.40. The van der Waals surface area contributed by atoms with Gasteiger partial charge in [-0.05, 0) is 30.5 Å². The summed E-state index contributed by atoms with van der Waals surface area (Å²) >= 11 is 0. The molecule has 0 aromatic heterocycles. The smallest absolute Gasteiger partial charge is 0.149 e. The summed E-state index contributed by atoms with van der Waals surface area (Å²) < 4.78 is 0. The van der Waals surface area contributed by atoms with Crippen molar-refractivity contribution in [3.63, 3.8) is 0 Å². The van der Waals surface area contributed by atoms with Crippen molar-refractivity contribution in [1.82, 2.24) is 4.90 Å². The van der Waals surface area contributed by atoms with E-state index in [0.717, 1.165) is 25.2 Å². The number of carbonyl (C=O) groups is 2. The number of Topliss-reactive ketones (excluding diaryl/α,β-unsaturated/α-hetero) is 2. The van der Waals surface area contributed by atoms with Crippen LogP contribution < -0.4 is 4.90 Å². The summed E-state index contributed by atoms with van der Waals surface area (Å²) in [6.07, 6.45) is 1.59. The molecular weight excluding hydrogens is 300 g/mol. The number of para-hydroxylation sites is 1. The fourth-order valence-corrected chi connectivity index (χ4v) is 4.96. The predicted octanol–water partition coefficient (Wildman–Crippen LogP) is 2.31. The maximum Gasteiger partial charge on any atom is 0.149 e. The van der Waals surface area contributed by atoms with Crippen molar-refractivity contribution in [2.45, 2.75) is 39.2 Å². The number of fused-ring (bicyclic) bond motifs is 4. The average Bonchev–Trinajstić information content (AvgIpc) is 2.51. The van der Waals surface area contributed by atoms with Gasteiger partial charge in [0, 0.05) is 38.2 Å². The third kappa shape index (κ3) is 2.16. The summed E-state index contributed by atoms with van der Waals surface area (Å²) in [6, 6.07) is 8.28. The first-order valence-corrected chi connectivity index (χ1v) is 8.93. The number of hydrogen-bond acceptors (Lipinski definition) is 4. The molecule has 1 unspecified atom stereocenters. The van der Waals surface area contributed by atoms with E-state index in [4.69, 9.17) is 0 Å². The molecule has 128 valence electrons. The Balaban J connectivity index is 1.85. The first-order valence-electron chi connectivity index (χ1n) is 8.93. The molecule has 4 rings (SSSR count). The average molecular weight is 326 g/mol. The normalized spacial score (nSPS) is 28.6. The Hall–Kier alpha value is -1.68. The largest absolute Gasteiger partial charge is 0.364 e. The van der Waals surface area contributed by atoms with Crippen LogP contribution in [0.25, 0.3) is 0 Å². The zero-order chi connectivity index (χ0) is 17.1. The van der Waals surface area contributed by atoms with Gasteiger partial charge in [-0.25, -0.2) is 0 Å². The lowest BCUT2D eigenvalue weighted by Crippen LogP contribution is -2.68. The first-order chi connectivity index (χ1) is 11.3. The summed E-state index contributed by atoms with van der Waals surface area (Å²) in [6.45, 7) is 6.71. The van der Waals surface area contributed by atoms with Gasteiger partial charge in [0.2, 0.25) is 0 Å². The molecule has 0 bridgehead atoms. The topological polar surface area (TPSA) is 40.6 Å². The molecule has 2 fully saturated rings. The Labute approximate surface area is 143 Å². The van der Waals surface area contributed by atoms with Crippen LogP contribution in [-0.2, 0) is 16.0 Å². The molecule has 3 aliphatic rings. The number of rotatable bonds is 0. The van der Waals surface area contributed by atoms with E-state index < -0.39 is 5.41 Å². The van der Waals surface area contributed by atoms with E-state index in [9.17, 15) is 9.59 Å². The molecule has 4 nitrogen and oxygen atoms in total. The minimum Gasteiger partial charge on any atom is -0.364 e. The van der Waals surface area contributed by atoms with Crippen molar-refractivity contribution in [2.24, 2.45) is 10.8 Å². The van der Waals surface area contributed by atoms with Crippen molar-refractivity contribution in [3.05, 3.63) is 29.8 Å². The van der Waals surface area contributed by atoms with Gasteiger partial charge < -0.3 is 9.80 Å². The van der Waals surface area contributed by atoms with Gasteiger partial charge in [0.05, 0.1) is 6.04 Å². The van der Waals surface area contributed by atoms with Gasteiger partial charge in [0.25, 0.3) is 0 Å². The second kappa shape index (κ2) is 5.16. The van der Waals surface area contributed by atoms with Crippen molar-refractivity contribution in [2.75, 3.05) is 31.6 Å². The van der Waals surface area contributed by atoms with Crippen LogP contribution in [0.5, 0.6) is 0 Å². The number of anilines is 1. The van der Waals surface area contributed by atoms with Crippen molar-refractivity contribution < 1.29 is 9.59 Å². The SMILES string of the molecule is CN1CCN2c3ccccc3CC3(C(=O)CC(C)(C)CC3=O)C2C1. The van der Waals surface area contributed by atoms with E-state index in [0.29, 0.717) is 19.3 Å². The molecule has 0 N–H and O–H groups in total. The molecular formula is C20H26N2O2. The maximum atomic E-state index is 13.3. The van der Waals surface area contributed by atoms with E-state index >= 15 is 0 Å². The standard InChI is InChI=1S/C20H26N2O2/c1-19(2)11-17(23)20(18(24)12-19)10-14-6-4-5-7-15(14)22-9-8-21(3)13-16(20)22/h4-7,16H,8-13H2,1-3H3. The van der Waals surface area contributed by atoms with E-state index in [2.05, 4.69) is 35.0 Å². The maximum absolute atomic E-state index is 13.3. The van der Waals surface area contributed by atoms with Crippen LogP contribution in [0.15, 0.2) is 24.3 Å². The summed E-state index contributed by atoms with van der Waals surface area (Å²) in [5.74, 6) is 0.312. The van der Waals surface area contributed by atoms with Gasteiger partial charge in [-0.1, -0.05) is 32.0 Å². The lowest BCUT2D eigenvalue weighted by Gasteiger charge is -2.56. The zero-order valence-electron chi connectivity index (χ0n) is 14.8. The number of piperazine rings is 1. The molecule has 1 saturated carbocycles. The number of nitrogens with zero attached hydrogens (tertiary/aromatic N) is 2. The van der Waals surface area contributed by atoms with Crippen LogP contribution in [0.1, 0.15) is 32.3 Å². The molecule has 1 aromatic rings. The third-order valence-corrected chi connectivity index (χ3v) is 6.20. The highest BCUT2D eigenvalue weighted by atomic mass is 16.2. The molecule has 1 atom stereocenters. The number of hydrogen-bond donors (Lipinski definition) is 0. The van der Waals surface area contributed by atoms with Crippen molar-refractivity contribution >= 4 is 17.3 Å². The summed E-state index contributed by atoms with van der Waals surface area (Å²) in [5, 5.41) is 0. The molecule has 1 saturated heterocycles. The van der Waals surface area contributed by atoms with Crippen molar-refractivity contribution in [3.8, 4) is 0 Å². The van der Waals surface area contributed by atoms with E-state index in [-0.39, 0.29) is 23.0 Å². The van der Waals surface area contributed by atoms with Gasteiger partial charge >= 0.3 is 0 Å². The van der Waals surface area contributed by atoms with Gasteiger partial charge in [-0.3, -0.25) is 9.59 Å². The highest BCUT2D eigenvalue weighted by Gasteiger charge is 2.60. The fourth-order valence-electron chi connectivity index (χ4n) is 4.96. The highest BCUT2D eigenvalue weighted by Crippen LogP contribution is 2.50. The lowest BCUT2D eigenvalue weighted by molar-refractivity contribution is -0.151. The zero-order valence-corrected chi connectivity index (χ0v) is 14.8. The molecule has 2 heterocycles. The second-order valence-electron chi connectivity index (χ2n) is 8.61. The minimum atomic E-state index is -0.849. The second-order valence-corrected chi connectivity index (χ2v) is 8.61. The molecule has 1 aromatic carbocycles. The molecule has 1 spiro atoms. The summed E-state index contributed by atoms with van der Waals surface area (Å²) in [5.41, 5.74) is 1.31. The predicted molar refractivity (Wildman–Crippen MR) is 94.2 cm³/mol. The van der Waals surface area contributed by atoms with E-state index in [1.807, 2.05) is 19.9 Å². The van der Waals surface area contributed by atoms with Gasteiger partial charge in [-0.15, -0.1) is 0 Å². The van der Waals surface area contributed by atoms with E-state index in [1.54, 1.807) is 0 Å². The van der Waals surface area contributed by atoms with Crippen LogP contribution in [0, 0.1) is 10.8 Å². The lowest BCUT2D eigenvalue weighted by atomic mass is 9.56. The molecule has 24 heavy (non-hydrogen) atoms. The Morgan fingerprint density at radius 1 is 1.00 bits per heavy atom. The highest BCUT2D eigenvalue weighted by molar-refractivity contribution is 6.11. The van der Waals surface area contributed by atoms with Crippen LogP contribution in [-0.4, -0.2) is 49.2 Å². The van der Waals surface area contributed by atoms with Crippen LogP contribution in [0.4, 0.5) is 5.69 Å². The van der Waals surface area contributed by atoms with E-state index in [1.165, 1.54) is 5.69 Å². The molecule has 2 aliphatic heterocycles. The van der Waals surface area contributed by atoms with Crippen LogP contribution in [0.2, 0.25) is 0 Å². The fraction of sp³-hybridized carbons (Fsp3) is 0.600. The van der Waals surface area contributed by atoms with Gasteiger partial charge in [-0.2, -0.15) is 0 Å². The van der Waals surface area contributed by atoms with Gasteiger partial charge in [0.15, 0.2) is 0 Å². The third-order valence-electron chi connectivity index (χ3n) is 6.20. The van der Waals surface area contributed by atoms with Crippen molar-refractivity contribution in [1.29, 1.82) is 0 Å². The first kappa shape index (κ1) is 15.8. The van der Waals surface area contributed by atoms with Crippen LogP contribution >= 0.6 is 0 Å². The summed E-state index contributed by atoms with van der Waals surface area (Å²) in [7, 11) is 2.09. The monoisotopic (exact) mass is 326 g/mol. The van der Waals surface area contributed by atoms with Gasteiger partial charge in [0.1, 0.15) is 17.0 Å². The molecule has 4 heteroatoms. The summed E-state index contributed by atoms with van der Waals surface area (Å²) in [4.78, 5) is 31.2. The Bertz CT molecular complexity index is 689. The number of benzene rings is 1. The molecule has 0 radical (unpaired) electrons. The number of carbonyl (C=O) groups excluding carboxylic acids is 2. The number of likely N-dealkylation sites (N-methyl/N-ethyl adjacent to an activating group) is 1. The Morgan fingerprint density at radius 2 is 1.67 bits per heavy atom. The number of ketones is 2. The minimum absolute atomic E-state index is 0.0257. The quantitative estimate of drug-likeness (QED) is 0.686. The Morgan fingerprint density at radius 3 is 2.38 bits per heavy atom. The van der Waals surface area contributed by atoms with Crippen LogP contribution in [0.3, 0.4) is 0 Å². The molecule has 1 aliphatic carbocycles.